The third-order valence-electron chi connectivity index (χ3n) is 1.86. The van der Waals surface area contributed by atoms with Gasteiger partial charge in [-0.3, -0.25) is 4.79 Å². The topological polar surface area (TPSA) is 41.1 Å². The fraction of sp³-hybridized carbons (Fsp3) is 0.300. The molecule has 0 radical (unpaired) electrons. The maximum Gasteiger partial charge on any atom is 0.405 e. The van der Waals surface area contributed by atoms with E-state index < -0.39 is 36.8 Å². The lowest BCUT2D eigenvalue weighted by Gasteiger charge is -2.09. The summed E-state index contributed by atoms with van der Waals surface area (Å²) < 4.78 is 60.5. The molecule has 1 aromatic rings. The second-order valence-corrected chi connectivity index (χ2v) is 3.37. The van der Waals surface area contributed by atoms with Gasteiger partial charge >= 0.3 is 6.18 Å². The third-order valence-corrected chi connectivity index (χ3v) is 1.86. The van der Waals surface area contributed by atoms with Crippen molar-refractivity contribution in [1.29, 1.82) is 0 Å². The molecular formula is C10H9F5N2O. The van der Waals surface area contributed by atoms with Gasteiger partial charge in [-0.05, 0) is 12.1 Å². The van der Waals surface area contributed by atoms with Crippen LogP contribution >= 0.6 is 0 Å². The Bertz CT molecular complexity index is 433. The number of hydrogen-bond donors (Lipinski definition) is 2. The minimum Gasteiger partial charge on any atom is -0.376 e. The molecule has 0 heterocycles. The van der Waals surface area contributed by atoms with Gasteiger partial charge in [0.25, 0.3) is 0 Å². The van der Waals surface area contributed by atoms with Gasteiger partial charge in [0.1, 0.15) is 6.54 Å². The van der Waals surface area contributed by atoms with Gasteiger partial charge in [0.05, 0.1) is 6.54 Å². The quantitative estimate of drug-likeness (QED) is 0.821. The maximum absolute atomic E-state index is 12.7. The van der Waals surface area contributed by atoms with Crippen molar-refractivity contribution >= 4 is 11.6 Å². The molecule has 0 aliphatic carbocycles. The van der Waals surface area contributed by atoms with E-state index in [0.717, 1.165) is 18.2 Å². The lowest BCUT2D eigenvalue weighted by atomic mass is 10.3. The highest BCUT2D eigenvalue weighted by atomic mass is 19.4. The predicted octanol–water partition coefficient (Wildman–Crippen LogP) is 2.06. The van der Waals surface area contributed by atoms with E-state index >= 15 is 0 Å². The standard InChI is InChI=1S/C10H9F5N2O/c11-7-2-1-6(3-8(7)12)16-4-9(18)17-5-10(13,14)15/h1-3,16H,4-5H2,(H,17,18). The number of hydrogen-bond acceptors (Lipinski definition) is 2. The van der Waals surface area contributed by atoms with Crippen LogP contribution in [0.15, 0.2) is 18.2 Å². The highest BCUT2D eigenvalue weighted by Crippen LogP contribution is 2.13. The summed E-state index contributed by atoms with van der Waals surface area (Å²) in [5.41, 5.74) is 0.0936. The monoisotopic (exact) mass is 268 g/mol. The average molecular weight is 268 g/mol. The maximum atomic E-state index is 12.7. The summed E-state index contributed by atoms with van der Waals surface area (Å²) in [5, 5.41) is 3.99. The second-order valence-electron chi connectivity index (χ2n) is 3.37. The molecule has 0 saturated heterocycles. The van der Waals surface area contributed by atoms with Crippen molar-refractivity contribution in [2.24, 2.45) is 0 Å². The van der Waals surface area contributed by atoms with Crippen LogP contribution in [-0.4, -0.2) is 25.2 Å². The number of alkyl halides is 3. The van der Waals surface area contributed by atoms with Crippen LogP contribution in [0.25, 0.3) is 0 Å². The number of halogens is 5. The minimum absolute atomic E-state index is 0.0936. The molecule has 0 bridgehead atoms. The molecule has 0 unspecified atom stereocenters. The van der Waals surface area contributed by atoms with Crippen molar-refractivity contribution < 1.29 is 26.7 Å². The van der Waals surface area contributed by atoms with Crippen molar-refractivity contribution in [3.05, 3.63) is 29.8 Å². The first-order valence-corrected chi connectivity index (χ1v) is 4.80. The number of nitrogens with one attached hydrogen (secondary N) is 2. The summed E-state index contributed by atoms with van der Waals surface area (Å²) in [6.45, 7) is -1.91. The van der Waals surface area contributed by atoms with Crippen LogP contribution in [0.5, 0.6) is 0 Å². The number of anilines is 1. The van der Waals surface area contributed by atoms with Gasteiger partial charge in [-0.15, -0.1) is 0 Å². The van der Waals surface area contributed by atoms with Crippen LogP contribution in [0, 0.1) is 11.6 Å². The molecule has 1 amide bonds. The van der Waals surface area contributed by atoms with E-state index in [1.54, 1.807) is 5.32 Å². The first-order chi connectivity index (χ1) is 8.28. The summed E-state index contributed by atoms with van der Waals surface area (Å²) in [5.74, 6) is -3.07. The minimum atomic E-state index is -4.49. The third kappa shape index (κ3) is 4.98. The Kier molecular flexibility index (Phi) is 4.46. The van der Waals surface area contributed by atoms with E-state index in [0.29, 0.717) is 0 Å². The van der Waals surface area contributed by atoms with Crippen LogP contribution in [0.4, 0.5) is 27.6 Å². The zero-order valence-electron chi connectivity index (χ0n) is 8.94. The number of benzene rings is 1. The van der Waals surface area contributed by atoms with Crippen LogP contribution in [-0.2, 0) is 4.79 Å². The molecule has 2 N–H and O–H groups in total. The van der Waals surface area contributed by atoms with E-state index in [4.69, 9.17) is 0 Å². The predicted molar refractivity (Wildman–Crippen MR) is 53.9 cm³/mol. The summed E-state index contributed by atoms with van der Waals surface area (Å²) in [7, 11) is 0. The normalized spacial score (nSPS) is 11.2. The van der Waals surface area contributed by atoms with Crippen molar-refractivity contribution in [2.75, 3.05) is 18.4 Å². The SMILES string of the molecule is O=C(CNc1ccc(F)c(F)c1)NCC(F)(F)F. The van der Waals surface area contributed by atoms with Crippen molar-refractivity contribution in [2.45, 2.75) is 6.18 Å². The molecule has 100 valence electrons. The molecule has 0 saturated carbocycles. The number of amides is 1. The molecular weight excluding hydrogens is 259 g/mol. The molecule has 18 heavy (non-hydrogen) atoms. The lowest BCUT2D eigenvalue weighted by molar-refractivity contribution is -0.137. The van der Waals surface area contributed by atoms with Crippen LogP contribution in [0.3, 0.4) is 0 Å². The number of carbonyl (C=O) groups is 1. The lowest BCUT2D eigenvalue weighted by Crippen LogP contribution is -2.37. The molecule has 0 spiro atoms. The van der Waals surface area contributed by atoms with Gasteiger partial charge in [-0.2, -0.15) is 13.2 Å². The Morgan fingerprint density at radius 2 is 1.83 bits per heavy atom. The van der Waals surface area contributed by atoms with Gasteiger partial charge in [-0.25, -0.2) is 8.78 Å². The number of carbonyl (C=O) groups excluding carboxylic acids is 1. The van der Waals surface area contributed by atoms with Crippen LogP contribution in [0.2, 0.25) is 0 Å². The zero-order chi connectivity index (χ0) is 13.8. The van der Waals surface area contributed by atoms with Crippen LogP contribution < -0.4 is 10.6 Å². The molecule has 3 nitrogen and oxygen atoms in total. The van der Waals surface area contributed by atoms with E-state index in [2.05, 4.69) is 5.32 Å². The molecule has 0 aliphatic heterocycles. The molecule has 0 fully saturated rings. The van der Waals surface area contributed by atoms with E-state index in [1.807, 2.05) is 0 Å². The smallest absolute Gasteiger partial charge is 0.376 e. The Balaban J connectivity index is 2.40. The van der Waals surface area contributed by atoms with Gasteiger partial charge < -0.3 is 10.6 Å². The Morgan fingerprint density at radius 1 is 1.17 bits per heavy atom. The fourth-order valence-electron chi connectivity index (χ4n) is 1.05. The van der Waals surface area contributed by atoms with Gasteiger partial charge in [0.2, 0.25) is 5.91 Å². The Labute approximate surface area is 99.0 Å². The summed E-state index contributed by atoms with van der Waals surface area (Å²) in [6.07, 6.45) is -4.49. The first kappa shape index (κ1) is 14.2. The van der Waals surface area contributed by atoms with Gasteiger partial charge in [0, 0.05) is 11.8 Å². The molecule has 1 aromatic carbocycles. The van der Waals surface area contributed by atoms with E-state index in [-0.39, 0.29) is 5.69 Å². The number of rotatable bonds is 4. The fourth-order valence-corrected chi connectivity index (χ4v) is 1.05. The molecule has 1 rings (SSSR count). The second kappa shape index (κ2) is 5.65. The van der Waals surface area contributed by atoms with E-state index in [9.17, 15) is 26.7 Å². The van der Waals surface area contributed by atoms with Crippen molar-refractivity contribution in [3.63, 3.8) is 0 Å². The average Bonchev–Trinajstić information content (AvgIpc) is 2.27. The molecule has 0 atom stereocenters. The summed E-state index contributed by atoms with van der Waals surface area (Å²) >= 11 is 0. The first-order valence-electron chi connectivity index (χ1n) is 4.80. The summed E-state index contributed by atoms with van der Waals surface area (Å²) in [6, 6.07) is 2.80. The summed E-state index contributed by atoms with van der Waals surface area (Å²) in [4.78, 5) is 11.0. The van der Waals surface area contributed by atoms with Crippen molar-refractivity contribution in [1.82, 2.24) is 5.32 Å². The van der Waals surface area contributed by atoms with Gasteiger partial charge in [-0.1, -0.05) is 0 Å². The zero-order valence-corrected chi connectivity index (χ0v) is 8.94. The van der Waals surface area contributed by atoms with E-state index in [1.165, 1.54) is 0 Å². The molecule has 0 aliphatic rings. The highest BCUT2D eigenvalue weighted by molar-refractivity contribution is 5.80. The van der Waals surface area contributed by atoms with Crippen LogP contribution in [0.1, 0.15) is 0 Å². The van der Waals surface area contributed by atoms with Crippen molar-refractivity contribution in [3.8, 4) is 0 Å². The molecule has 8 heteroatoms. The highest BCUT2D eigenvalue weighted by Gasteiger charge is 2.27. The largest absolute Gasteiger partial charge is 0.405 e. The Morgan fingerprint density at radius 3 is 2.39 bits per heavy atom. The Hall–Kier alpha value is -1.86. The van der Waals surface area contributed by atoms with Gasteiger partial charge in [0.15, 0.2) is 11.6 Å². The molecule has 0 aromatic heterocycles.